The van der Waals surface area contributed by atoms with Gasteiger partial charge in [-0.15, -0.1) is 0 Å². The maximum atomic E-state index is 14.3. The first-order chi connectivity index (χ1) is 14.8. The third kappa shape index (κ3) is 4.25. The van der Waals surface area contributed by atoms with E-state index in [1.54, 1.807) is 24.3 Å². The molecule has 1 saturated heterocycles. The quantitative estimate of drug-likeness (QED) is 0.415. The van der Waals surface area contributed by atoms with Crippen molar-refractivity contribution in [1.29, 1.82) is 0 Å². The molecule has 0 radical (unpaired) electrons. The summed E-state index contributed by atoms with van der Waals surface area (Å²) in [6, 6.07) is 9.97. The van der Waals surface area contributed by atoms with Crippen molar-refractivity contribution < 1.29 is 28.6 Å². The lowest BCUT2D eigenvalue weighted by atomic mass is 9.94. The minimum absolute atomic E-state index is 0.00395. The number of Topliss-reactive ketones (excluding diaryl/α,β-unsaturated/α-hetero) is 1. The van der Waals surface area contributed by atoms with Crippen molar-refractivity contribution in [3.63, 3.8) is 0 Å². The number of likely N-dealkylation sites (N-methyl/N-ethyl adjacent to an activating group) is 1. The van der Waals surface area contributed by atoms with Crippen molar-refractivity contribution in [3.8, 4) is 11.5 Å². The average Bonchev–Trinajstić information content (AvgIpc) is 3.01. The molecule has 2 aromatic rings. The Labute approximate surface area is 180 Å². The first kappa shape index (κ1) is 22.3. The highest BCUT2D eigenvalue weighted by atomic mass is 19.1. The van der Waals surface area contributed by atoms with E-state index in [0.29, 0.717) is 17.9 Å². The van der Waals surface area contributed by atoms with Gasteiger partial charge in [0, 0.05) is 24.2 Å². The maximum absolute atomic E-state index is 14.3. The largest absolute Gasteiger partial charge is 0.507 e. The highest BCUT2D eigenvalue weighted by Gasteiger charge is 2.46. The summed E-state index contributed by atoms with van der Waals surface area (Å²) in [4.78, 5) is 29.2. The molecule has 8 heteroatoms. The van der Waals surface area contributed by atoms with Crippen LogP contribution in [0.1, 0.15) is 17.2 Å². The molecule has 31 heavy (non-hydrogen) atoms. The second-order valence-corrected chi connectivity index (χ2v) is 7.39. The molecule has 1 atom stereocenters. The third-order valence-corrected chi connectivity index (χ3v) is 5.19. The number of methoxy groups -OCH3 is 2. The van der Waals surface area contributed by atoms with Gasteiger partial charge in [-0.1, -0.05) is 18.2 Å². The number of ether oxygens (including phenoxy) is 2. The van der Waals surface area contributed by atoms with Gasteiger partial charge in [0.15, 0.2) is 11.6 Å². The van der Waals surface area contributed by atoms with Gasteiger partial charge in [-0.25, -0.2) is 4.39 Å². The number of hydrogen-bond donors (Lipinski definition) is 1. The van der Waals surface area contributed by atoms with Crippen molar-refractivity contribution in [3.05, 3.63) is 65.0 Å². The molecule has 0 spiro atoms. The minimum atomic E-state index is -0.874. The maximum Gasteiger partial charge on any atom is 0.295 e. The third-order valence-electron chi connectivity index (χ3n) is 5.19. The molecule has 2 aromatic carbocycles. The van der Waals surface area contributed by atoms with Crippen LogP contribution in [0.25, 0.3) is 5.76 Å². The van der Waals surface area contributed by atoms with E-state index in [0.717, 1.165) is 6.07 Å². The van der Waals surface area contributed by atoms with Crippen LogP contribution < -0.4 is 9.47 Å². The number of carbonyl (C=O) groups is 2. The van der Waals surface area contributed by atoms with Gasteiger partial charge in [0.2, 0.25) is 0 Å². The number of carbonyl (C=O) groups excluding carboxylic acids is 2. The summed E-state index contributed by atoms with van der Waals surface area (Å²) in [7, 11) is 6.53. The van der Waals surface area contributed by atoms with Crippen LogP contribution in [0.4, 0.5) is 4.39 Å². The number of rotatable bonds is 7. The average molecular weight is 428 g/mol. The van der Waals surface area contributed by atoms with E-state index < -0.39 is 29.3 Å². The smallest absolute Gasteiger partial charge is 0.295 e. The number of ketones is 1. The van der Waals surface area contributed by atoms with Gasteiger partial charge >= 0.3 is 0 Å². The molecule has 1 heterocycles. The Morgan fingerprint density at radius 2 is 1.77 bits per heavy atom. The molecule has 164 valence electrons. The Morgan fingerprint density at radius 1 is 1.10 bits per heavy atom. The second-order valence-electron chi connectivity index (χ2n) is 7.39. The molecular weight excluding hydrogens is 403 g/mol. The number of aliphatic hydroxyl groups excluding tert-OH is 1. The number of hydrogen-bond acceptors (Lipinski definition) is 6. The van der Waals surface area contributed by atoms with Crippen LogP contribution in [0.2, 0.25) is 0 Å². The van der Waals surface area contributed by atoms with Crippen LogP contribution in [-0.2, 0) is 9.59 Å². The predicted molar refractivity (Wildman–Crippen MR) is 114 cm³/mol. The molecule has 0 aliphatic carbocycles. The molecule has 0 aromatic heterocycles. The van der Waals surface area contributed by atoms with E-state index >= 15 is 0 Å². The Hall–Kier alpha value is -3.39. The van der Waals surface area contributed by atoms with Gasteiger partial charge in [-0.05, 0) is 38.4 Å². The fourth-order valence-corrected chi connectivity index (χ4v) is 3.60. The molecule has 1 amide bonds. The number of aliphatic hydroxyl groups is 1. The van der Waals surface area contributed by atoms with Crippen LogP contribution in [0.3, 0.4) is 0 Å². The van der Waals surface area contributed by atoms with E-state index in [9.17, 15) is 19.1 Å². The number of amides is 1. The first-order valence-electron chi connectivity index (χ1n) is 9.70. The Bertz CT molecular complexity index is 1030. The second kappa shape index (κ2) is 9.18. The summed E-state index contributed by atoms with van der Waals surface area (Å²) in [5.41, 5.74) is 0.514. The molecule has 1 aliphatic heterocycles. The Balaban J connectivity index is 2.20. The molecule has 1 aliphatic rings. The number of likely N-dealkylation sites (tertiary alicyclic amines) is 1. The van der Waals surface area contributed by atoms with Crippen LogP contribution in [0.15, 0.2) is 48.0 Å². The zero-order valence-electron chi connectivity index (χ0n) is 17.9. The van der Waals surface area contributed by atoms with Gasteiger partial charge < -0.3 is 24.4 Å². The van der Waals surface area contributed by atoms with Crippen molar-refractivity contribution in [2.24, 2.45) is 0 Å². The molecular formula is C23H25FN2O5. The standard InChI is InChI=1S/C23H25FN2O5/c1-25(2)11-12-26-20(15-7-5-6-8-17(15)30-3)19(22(28)23(26)29)21(27)14-9-10-18(31-4)16(24)13-14/h5-10,13,20,27H,11-12H2,1-4H3/t20-/m1/s1. The molecule has 3 rings (SSSR count). The summed E-state index contributed by atoms with van der Waals surface area (Å²) < 4.78 is 24.6. The summed E-state index contributed by atoms with van der Waals surface area (Å²) in [6.45, 7) is 0.768. The Morgan fingerprint density at radius 3 is 2.39 bits per heavy atom. The van der Waals surface area contributed by atoms with Crippen molar-refractivity contribution in [1.82, 2.24) is 9.80 Å². The lowest BCUT2D eigenvalue weighted by Crippen LogP contribution is -2.35. The molecule has 1 fully saturated rings. The number of nitrogens with zero attached hydrogens (tertiary/aromatic N) is 2. The lowest BCUT2D eigenvalue weighted by molar-refractivity contribution is -0.140. The number of benzene rings is 2. The summed E-state index contributed by atoms with van der Waals surface area (Å²) in [5.74, 6) is -2.23. The highest BCUT2D eigenvalue weighted by molar-refractivity contribution is 6.46. The fraction of sp³-hybridized carbons (Fsp3) is 0.304. The van der Waals surface area contributed by atoms with Crippen LogP contribution in [-0.4, -0.2) is 68.0 Å². The SMILES string of the molecule is COc1ccc(C(O)=C2C(=O)C(=O)N(CCN(C)C)[C@@H]2c2ccccc2OC)cc1F. The highest BCUT2D eigenvalue weighted by Crippen LogP contribution is 2.42. The van der Waals surface area contributed by atoms with Crippen molar-refractivity contribution >= 4 is 17.4 Å². The lowest BCUT2D eigenvalue weighted by Gasteiger charge is -2.27. The van der Waals surface area contributed by atoms with E-state index in [1.807, 2.05) is 19.0 Å². The molecule has 1 N–H and O–H groups in total. The molecule has 7 nitrogen and oxygen atoms in total. The number of halogens is 1. The first-order valence-corrected chi connectivity index (χ1v) is 9.70. The van der Waals surface area contributed by atoms with Crippen LogP contribution in [0.5, 0.6) is 11.5 Å². The molecule has 0 unspecified atom stereocenters. The van der Waals surface area contributed by atoms with E-state index in [-0.39, 0.29) is 23.4 Å². The zero-order chi connectivity index (χ0) is 22.7. The van der Waals surface area contributed by atoms with E-state index in [1.165, 1.54) is 31.3 Å². The summed E-state index contributed by atoms with van der Waals surface area (Å²) in [5, 5.41) is 11.0. The normalized spacial score (nSPS) is 18.0. The van der Waals surface area contributed by atoms with Crippen LogP contribution in [0, 0.1) is 5.82 Å². The molecule has 0 bridgehead atoms. The summed E-state index contributed by atoms with van der Waals surface area (Å²) >= 11 is 0. The fourth-order valence-electron chi connectivity index (χ4n) is 3.60. The van der Waals surface area contributed by atoms with Gasteiger partial charge in [-0.2, -0.15) is 0 Å². The van der Waals surface area contributed by atoms with E-state index in [4.69, 9.17) is 9.47 Å². The summed E-state index contributed by atoms with van der Waals surface area (Å²) in [6.07, 6.45) is 0. The van der Waals surface area contributed by atoms with Gasteiger partial charge in [0.05, 0.1) is 25.8 Å². The van der Waals surface area contributed by atoms with Crippen LogP contribution >= 0.6 is 0 Å². The van der Waals surface area contributed by atoms with Crippen molar-refractivity contribution in [2.45, 2.75) is 6.04 Å². The predicted octanol–water partition coefficient (Wildman–Crippen LogP) is 2.83. The molecule has 0 saturated carbocycles. The number of para-hydroxylation sites is 1. The zero-order valence-corrected chi connectivity index (χ0v) is 17.9. The minimum Gasteiger partial charge on any atom is -0.507 e. The van der Waals surface area contributed by atoms with Crippen molar-refractivity contribution in [2.75, 3.05) is 41.4 Å². The van der Waals surface area contributed by atoms with Gasteiger partial charge in [-0.3, -0.25) is 9.59 Å². The monoisotopic (exact) mass is 428 g/mol. The Kier molecular flexibility index (Phi) is 6.60. The topological polar surface area (TPSA) is 79.3 Å². The van der Waals surface area contributed by atoms with Gasteiger partial charge in [0.1, 0.15) is 11.5 Å². The van der Waals surface area contributed by atoms with Gasteiger partial charge in [0.25, 0.3) is 11.7 Å². The van der Waals surface area contributed by atoms with E-state index in [2.05, 4.69) is 0 Å².